The van der Waals surface area contributed by atoms with E-state index < -0.39 is 9.84 Å². The lowest BCUT2D eigenvalue weighted by molar-refractivity contribution is 0.414. The molecule has 0 aliphatic carbocycles. The number of fused-ring (bicyclic) bond motifs is 1. The summed E-state index contributed by atoms with van der Waals surface area (Å²) in [6, 6.07) is 15.4. The predicted molar refractivity (Wildman–Crippen MR) is 132 cm³/mol. The van der Waals surface area contributed by atoms with Crippen LogP contribution >= 0.6 is 22.6 Å². The van der Waals surface area contributed by atoms with E-state index >= 15 is 0 Å². The molecule has 0 radical (unpaired) electrons. The van der Waals surface area contributed by atoms with Crippen molar-refractivity contribution in [3.05, 3.63) is 69.4 Å². The Labute approximate surface area is 205 Å². The van der Waals surface area contributed by atoms with Crippen LogP contribution in [-0.4, -0.2) is 48.5 Å². The molecule has 0 aliphatic heterocycles. The fourth-order valence-electron chi connectivity index (χ4n) is 3.29. The summed E-state index contributed by atoms with van der Waals surface area (Å²) < 4.78 is 37.5. The van der Waals surface area contributed by atoms with Crippen LogP contribution in [0.2, 0.25) is 0 Å². The SMILES string of the molecule is COc1ccc(CN(Cc2ccc(OC)cc2)c2nc(S(C)(=O)=O)nc3c(I)cnn23)cc1. The van der Waals surface area contributed by atoms with Crippen LogP contribution in [0.5, 0.6) is 11.5 Å². The van der Waals surface area contributed by atoms with Gasteiger partial charge in [0.25, 0.3) is 5.16 Å². The Morgan fingerprint density at radius 3 is 1.88 bits per heavy atom. The summed E-state index contributed by atoms with van der Waals surface area (Å²) in [6.07, 6.45) is 2.74. The molecule has 0 atom stereocenters. The highest BCUT2D eigenvalue weighted by atomic mass is 127. The molecule has 0 unspecified atom stereocenters. The molecule has 172 valence electrons. The molecule has 0 aliphatic rings. The maximum atomic E-state index is 12.3. The lowest BCUT2D eigenvalue weighted by Gasteiger charge is -2.25. The summed E-state index contributed by atoms with van der Waals surface area (Å²) in [5, 5.41) is 4.17. The predicted octanol–water partition coefficient (Wildman–Crippen LogP) is 3.36. The van der Waals surface area contributed by atoms with Gasteiger partial charge in [-0.3, -0.25) is 0 Å². The van der Waals surface area contributed by atoms with Gasteiger partial charge in [0.05, 0.1) is 24.0 Å². The monoisotopic (exact) mass is 579 g/mol. The molecule has 0 fully saturated rings. The van der Waals surface area contributed by atoms with Gasteiger partial charge in [0.1, 0.15) is 11.5 Å². The molecule has 33 heavy (non-hydrogen) atoms. The minimum absolute atomic E-state index is 0.238. The van der Waals surface area contributed by atoms with Crippen LogP contribution in [0.3, 0.4) is 0 Å². The van der Waals surface area contributed by atoms with Crippen molar-refractivity contribution in [2.75, 3.05) is 25.4 Å². The molecule has 9 nitrogen and oxygen atoms in total. The third-order valence-corrected chi connectivity index (χ3v) is 6.57. The zero-order chi connectivity index (χ0) is 23.6. The van der Waals surface area contributed by atoms with Crippen LogP contribution in [0.25, 0.3) is 5.65 Å². The zero-order valence-electron chi connectivity index (χ0n) is 18.3. The minimum Gasteiger partial charge on any atom is -0.497 e. The van der Waals surface area contributed by atoms with Crippen molar-refractivity contribution in [1.29, 1.82) is 0 Å². The van der Waals surface area contributed by atoms with Gasteiger partial charge in [-0.05, 0) is 58.0 Å². The quantitative estimate of drug-likeness (QED) is 0.293. The van der Waals surface area contributed by atoms with E-state index in [2.05, 4.69) is 37.7 Å². The molecule has 4 rings (SSSR count). The topological polar surface area (TPSA) is 98.9 Å². The van der Waals surface area contributed by atoms with E-state index in [0.717, 1.165) is 32.5 Å². The van der Waals surface area contributed by atoms with Crippen molar-refractivity contribution in [3.63, 3.8) is 0 Å². The normalized spacial score (nSPS) is 11.5. The first-order valence-corrected chi connectivity index (χ1v) is 12.9. The van der Waals surface area contributed by atoms with Gasteiger partial charge in [0.15, 0.2) is 5.65 Å². The Morgan fingerprint density at radius 2 is 1.42 bits per heavy atom. The van der Waals surface area contributed by atoms with Crippen LogP contribution < -0.4 is 14.4 Å². The number of hydrogen-bond donors (Lipinski definition) is 0. The van der Waals surface area contributed by atoms with Gasteiger partial charge < -0.3 is 14.4 Å². The van der Waals surface area contributed by atoms with Crippen molar-refractivity contribution in [2.24, 2.45) is 0 Å². The highest BCUT2D eigenvalue weighted by Crippen LogP contribution is 2.24. The van der Waals surface area contributed by atoms with Crippen molar-refractivity contribution in [1.82, 2.24) is 19.6 Å². The lowest BCUT2D eigenvalue weighted by atomic mass is 10.1. The molecule has 2 heterocycles. The standard InChI is InChI=1S/C22H22IN5O4S/c1-31-17-8-4-15(5-9-17)13-27(14-16-6-10-18(32-2)11-7-16)22-26-21(33(3,29)30)25-20-19(23)12-24-28(20)22/h4-12H,13-14H2,1-3H3. The van der Waals surface area contributed by atoms with E-state index in [1.165, 1.54) is 0 Å². The molecule has 2 aromatic heterocycles. The maximum absolute atomic E-state index is 12.3. The number of aromatic nitrogens is 4. The van der Waals surface area contributed by atoms with E-state index in [-0.39, 0.29) is 5.16 Å². The summed E-state index contributed by atoms with van der Waals surface area (Å²) in [4.78, 5) is 10.6. The van der Waals surface area contributed by atoms with E-state index in [0.29, 0.717) is 24.7 Å². The van der Waals surface area contributed by atoms with Crippen LogP contribution in [0.15, 0.2) is 59.9 Å². The molecule has 0 saturated heterocycles. The number of rotatable bonds is 8. The Kier molecular flexibility index (Phi) is 6.70. The van der Waals surface area contributed by atoms with E-state index in [1.807, 2.05) is 53.4 Å². The first-order chi connectivity index (χ1) is 15.8. The fourth-order valence-corrected chi connectivity index (χ4v) is 4.26. The lowest BCUT2D eigenvalue weighted by Crippen LogP contribution is -2.27. The zero-order valence-corrected chi connectivity index (χ0v) is 21.2. The van der Waals surface area contributed by atoms with E-state index in [4.69, 9.17) is 9.47 Å². The molecule has 2 aromatic carbocycles. The fraction of sp³-hybridized carbons (Fsp3) is 0.227. The minimum atomic E-state index is -3.64. The van der Waals surface area contributed by atoms with Gasteiger partial charge in [-0.15, -0.1) is 0 Å². The Hall–Kier alpha value is -2.93. The maximum Gasteiger partial charge on any atom is 0.252 e. The number of ether oxygens (including phenoxy) is 2. The molecule has 0 spiro atoms. The molecule has 4 aromatic rings. The van der Waals surface area contributed by atoms with Gasteiger partial charge in [0.2, 0.25) is 15.8 Å². The molecular formula is C22H22IN5O4S. The number of nitrogens with zero attached hydrogens (tertiary/aromatic N) is 5. The summed E-state index contributed by atoms with van der Waals surface area (Å²) in [5.41, 5.74) is 2.44. The smallest absolute Gasteiger partial charge is 0.252 e. The Morgan fingerprint density at radius 1 is 0.909 bits per heavy atom. The highest BCUT2D eigenvalue weighted by molar-refractivity contribution is 14.1. The molecule has 0 amide bonds. The van der Waals surface area contributed by atoms with E-state index in [1.54, 1.807) is 24.9 Å². The van der Waals surface area contributed by atoms with Crippen molar-refractivity contribution < 1.29 is 17.9 Å². The van der Waals surface area contributed by atoms with Gasteiger partial charge >= 0.3 is 0 Å². The van der Waals surface area contributed by atoms with Crippen LogP contribution in [0.4, 0.5) is 5.95 Å². The summed E-state index contributed by atoms with van der Waals surface area (Å²) >= 11 is 2.09. The van der Waals surface area contributed by atoms with Gasteiger partial charge in [-0.25, -0.2) is 8.42 Å². The Bertz CT molecular complexity index is 1320. The second-order valence-electron chi connectivity index (χ2n) is 7.36. The first kappa shape index (κ1) is 23.2. The highest BCUT2D eigenvalue weighted by Gasteiger charge is 2.22. The average molecular weight is 579 g/mol. The number of sulfone groups is 1. The number of benzene rings is 2. The van der Waals surface area contributed by atoms with Gasteiger partial charge in [-0.2, -0.15) is 19.6 Å². The second kappa shape index (κ2) is 9.51. The first-order valence-electron chi connectivity index (χ1n) is 9.90. The molecule has 11 heteroatoms. The molecular weight excluding hydrogens is 557 g/mol. The third-order valence-electron chi connectivity index (χ3n) is 4.97. The van der Waals surface area contributed by atoms with Gasteiger partial charge in [0, 0.05) is 19.3 Å². The summed E-state index contributed by atoms with van der Waals surface area (Å²) in [7, 11) is -0.396. The number of anilines is 1. The average Bonchev–Trinajstić information content (AvgIpc) is 3.19. The van der Waals surface area contributed by atoms with Crippen molar-refractivity contribution in [2.45, 2.75) is 18.2 Å². The third kappa shape index (κ3) is 5.19. The van der Waals surface area contributed by atoms with Crippen molar-refractivity contribution >= 4 is 44.0 Å². The number of hydrogen-bond acceptors (Lipinski definition) is 8. The second-order valence-corrected chi connectivity index (χ2v) is 10.4. The van der Waals surface area contributed by atoms with Crippen molar-refractivity contribution in [3.8, 4) is 11.5 Å². The largest absolute Gasteiger partial charge is 0.497 e. The molecule has 0 N–H and O–H groups in total. The van der Waals surface area contributed by atoms with Crippen LogP contribution in [0, 0.1) is 3.57 Å². The Balaban J connectivity index is 1.82. The van der Waals surface area contributed by atoms with Crippen LogP contribution in [-0.2, 0) is 22.9 Å². The molecule has 0 bridgehead atoms. The van der Waals surface area contributed by atoms with E-state index in [9.17, 15) is 8.42 Å². The molecule has 0 saturated carbocycles. The summed E-state index contributed by atoms with van der Waals surface area (Å²) in [5.74, 6) is 1.90. The van der Waals surface area contributed by atoms with Gasteiger partial charge in [-0.1, -0.05) is 24.3 Å². The summed E-state index contributed by atoms with van der Waals surface area (Å²) in [6.45, 7) is 0.920. The number of methoxy groups -OCH3 is 2. The van der Waals surface area contributed by atoms with Crippen LogP contribution in [0.1, 0.15) is 11.1 Å². The number of halogens is 1.